The summed E-state index contributed by atoms with van der Waals surface area (Å²) >= 11 is 0. The number of hydrogen-bond donors (Lipinski definition) is 0. The molecule has 0 radical (unpaired) electrons. The number of piperazine rings is 1. The Bertz CT molecular complexity index is 1070. The molecule has 28 heavy (non-hydrogen) atoms. The highest BCUT2D eigenvalue weighted by Crippen LogP contribution is 2.18. The lowest BCUT2D eigenvalue weighted by Gasteiger charge is -2.36. The molecule has 4 rings (SSSR count). The lowest BCUT2D eigenvalue weighted by atomic mass is 10.2. The summed E-state index contributed by atoms with van der Waals surface area (Å²) < 4.78 is 28.2. The zero-order valence-corrected chi connectivity index (χ0v) is 15.1. The van der Waals surface area contributed by atoms with E-state index >= 15 is 0 Å². The molecule has 1 saturated heterocycles. The van der Waals surface area contributed by atoms with Gasteiger partial charge >= 0.3 is 0 Å². The van der Waals surface area contributed by atoms with Gasteiger partial charge in [-0.05, 0) is 42.5 Å². The average Bonchev–Trinajstić information content (AvgIpc) is 2.71. The molecule has 2 heterocycles. The Labute approximate surface area is 160 Å². The number of benzene rings is 2. The van der Waals surface area contributed by atoms with E-state index in [0.717, 1.165) is 5.69 Å². The number of carbonyl (C=O) groups excluding carboxylic acids is 1. The summed E-state index contributed by atoms with van der Waals surface area (Å²) in [5.41, 5.74) is 1.19. The largest absolute Gasteiger partial charge is 0.368 e. The molecule has 0 spiro atoms. The second-order valence-corrected chi connectivity index (χ2v) is 6.81. The summed E-state index contributed by atoms with van der Waals surface area (Å²) in [5, 5.41) is 0.261. The van der Waals surface area contributed by atoms with Gasteiger partial charge in [0, 0.05) is 49.5 Å². The Hall–Kier alpha value is -3.22. The molecule has 1 fully saturated rings. The highest BCUT2D eigenvalue weighted by molar-refractivity contribution is 5.82. The number of nitrogens with zero attached hydrogens (tertiary/aromatic N) is 3. The van der Waals surface area contributed by atoms with Crippen LogP contribution in [0.5, 0.6) is 0 Å². The maximum Gasteiger partial charge on any atom is 0.242 e. The molecule has 2 aromatic carbocycles. The van der Waals surface area contributed by atoms with E-state index in [1.165, 1.54) is 36.4 Å². The van der Waals surface area contributed by atoms with E-state index < -0.39 is 5.82 Å². The van der Waals surface area contributed by atoms with E-state index in [9.17, 15) is 18.4 Å². The molecule has 0 saturated carbocycles. The topological polar surface area (TPSA) is 45.6 Å². The molecule has 0 bridgehead atoms. The normalized spacial score (nSPS) is 14.5. The minimum atomic E-state index is -0.481. The molecule has 7 heteroatoms. The number of pyridine rings is 1. The summed E-state index contributed by atoms with van der Waals surface area (Å²) in [5.74, 6) is -0.815. The van der Waals surface area contributed by atoms with Gasteiger partial charge in [-0.2, -0.15) is 0 Å². The van der Waals surface area contributed by atoms with Gasteiger partial charge in [0.1, 0.15) is 18.2 Å². The van der Waals surface area contributed by atoms with Crippen molar-refractivity contribution in [1.82, 2.24) is 9.47 Å². The predicted octanol–water partition coefficient (Wildman–Crippen LogP) is 2.63. The van der Waals surface area contributed by atoms with Crippen molar-refractivity contribution in [3.63, 3.8) is 0 Å². The van der Waals surface area contributed by atoms with Crippen molar-refractivity contribution in [2.24, 2.45) is 0 Å². The number of aromatic nitrogens is 1. The van der Waals surface area contributed by atoms with Gasteiger partial charge < -0.3 is 14.4 Å². The van der Waals surface area contributed by atoms with E-state index in [0.29, 0.717) is 31.7 Å². The fraction of sp³-hybridized carbons (Fsp3) is 0.238. The highest BCUT2D eigenvalue weighted by Gasteiger charge is 2.21. The van der Waals surface area contributed by atoms with Crippen LogP contribution in [0.15, 0.2) is 59.5 Å². The lowest BCUT2D eigenvalue weighted by molar-refractivity contribution is -0.132. The summed E-state index contributed by atoms with van der Waals surface area (Å²) in [7, 11) is 0. The smallest absolute Gasteiger partial charge is 0.242 e. The molecule has 0 atom stereocenters. The summed E-state index contributed by atoms with van der Waals surface area (Å²) in [6.07, 6.45) is 1.56. The zero-order valence-electron chi connectivity index (χ0n) is 15.1. The van der Waals surface area contributed by atoms with E-state index in [-0.39, 0.29) is 29.1 Å². The van der Waals surface area contributed by atoms with Gasteiger partial charge in [-0.3, -0.25) is 9.59 Å². The third kappa shape index (κ3) is 3.60. The van der Waals surface area contributed by atoms with E-state index in [1.54, 1.807) is 27.8 Å². The standard InChI is InChI=1S/C21H19F2N3O2/c22-15-1-4-17(5-2-15)24-9-11-25(12-10-24)21(28)14-26-8-7-20(27)18-13-16(23)3-6-19(18)26/h1-8,13H,9-12,14H2. The van der Waals surface area contributed by atoms with Crippen LogP contribution in [0, 0.1) is 11.6 Å². The van der Waals surface area contributed by atoms with Crippen LogP contribution in [-0.2, 0) is 11.3 Å². The van der Waals surface area contributed by atoms with E-state index in [1.807, 2.05) is 0 Å². The summed E-state index contributed by atoms with van der Waals surface area (Å²) in [6, 6.07) is 11.7. The van der Waals surface area contributed by atoms with Crippen molar-refractivity contribution in [3.05, 3.63) is 76.6 Å². The number of carbonyl (C=O) groups is 1. The molecular formula is C21H19F2N3O2. The first-order valence-corrected chi connectivity index (χ1v) is 9.08. The van der Waals surface area contributed by atoms with Crippen molar-refractivity contribution in [1.29, 1.82) is 0 Å². The monoisotopic (exact) mass is 383 g/mol. The van der Waals surface area contributed by atoms with Crippen LogP contribution in [0.1, 0.15) is 0 Å². The number of anilines is 1. The molecule has 0 N–H and O–H groups in total. The van der Waals surface area contributed by atoms with Gasteiger partial charge in [-0.1, -0.05) is 0 Å². The SMILES string of the molecule is O=C(Cn1ccc(=O)c2cc(F)ccc21)N1CCN(c2ccc(F)cc2)CC1. The number of amides is 1. The third-order valence-electron chi connectivity index (χ3n) is 5.07. The molecule has 1 aliphatic heterocycles. The Morgan fingerprint density at radius 2 is 1.57 bits per heavy atom. The summed E-state index contributed by atoms with van der Waals surface area (Å²) in [6.45, 7) is 2.52. The first kappa shape index (κ1) is 18.2. The molecule has 0 unspecified atom stereocenters. The Kier molecular flexibility index (Phi) is 4.81. The maximum absolute atomic E-state index is 13.5. The minimum Gasteiger partial charge on any atom is -0.368 e. The van der Waals surface area contributed by atoms with Crippen molar-refractivity contribution in [2.75, 3.05) is 31.1 Å². The molecule has 3 aromatic rings. The van der Waals surface area contributed by atoms with Crippen LogP contribution < -0.4 is 10.3 Å². The van der Waals surface area contributed by atoms with Gasteiger partial charge in [0.2, 0.25) is 5.91 Å². The van der Waals surface area contributed by atoms with Crippen molar-refractivity contribution >= 4 is 22.5 Å². The Morgan fingerprint density at radius 1 is 0.893 bits per heavy atom. The molecule has 144 valence electrons. The predicted molar refractivity (Wildman–Crippen MR) is 103 cm³/mol. The van der Waals surface area contributed by atoms with Gasteiger partial charge in [0.15, 0.2) is 5.43 Å². The van der Waals surface area contributed by atoms with Gasteiger partial charge in [-0.25, -0.2) is 8.78 Å². The second kappa shape index (κ2) is 7.42. The van der Waals surface area contributed by atoms with Crippen LogP contribution in [0.2, 0.25) is 0 Å². The van der Waals surface area contributed by atoms with E-state index in [2.05, 4.69) is 4.90 Å². The Balaban J connectivity index is 1.45. The van der Waals surface area contributed by atoms with E-state index in [4.69, 9.17) is 0 Å². The molecule has 0 aliphatic carbocycles. The van der Waals surface area contributed by atoms with Crippen LogP contribution in [0.3, 0.4) is 0 Å². The van der Waals surface area contributed by atoms with Gasteiger partial charge in [0.25, 0.3) is 0 Å². The third-order valence-corrected chi connectivity index (χ3v) is 5.07. The molecule has 1 amide bonds. The van der Waals surface area contributed by atoms with Crippen LogP contribution >= 0.6 is 0 Å². The van der Waals surface area contributed by atoms with Crippen molar-refractivity contribution in [3.8, 4) is 0 Å². The first-order valence-electron chi connectivity index (χ1n) is 9.08. The second-order valence-electron chi connectivity index (χ2n) is 6.81. The van der Waals surface area contributed by atoms with Crippen LogP contribution in [0.25, 0.3) is 10.9 Å². The number of fused-ring (bicyclic) bond motifs is 1. The number of hydrogen-bond acceptors (Lipinski definition) is 3. The number of rotatable bonds is 3. The first-order chi connectivity index (χ1) is 13.5. The van der Waals surface area contributed by atoms with Gasteiger partial charge in [0.05, 0.1) is 5.52 Å². The fourth-order valence-electron chi connectivity index (χ4n) is 3.53. The van der Waals surface area contributed by atoms with Crippen molar-refractivity contribution in [2.45, 2.75) is 6.54 Å². The minimum absolute atomic E-state index is 0.0620. The molecule has 1 aliphatic rings. The molecule has 1 aromatic heterocycles. The number of halogens is 2. The average molecular weight is 383 g/mol. The fourth-order valence-corrected chi connectivity index (χ4v) is 3.53. The summed E-state index contributed by atoms with van der Waals surface area (Å²) in [4.78, 5) is 28.6. The lowest BCUT2D eigenvalue weighted by Crippen LogP contribution is -2.49. The molecule has 5 nitrogen and oxygen atoms in total. The quantitative estimate of drug-likeness (QED) is 0.699. The molecular weight excluding hydrogens is 364 g/mol. The van der Waals surface area contributed by atoms with Crippen molar-refractivity contribution < 1.29 is 13.6 Å². The zero-order chi connectivity index (χ0) is 19.7. The highest BCUT2D eigenvalue weighted by atomic mass is 19.1. The Morgan fingerprint density at radius 3 is 2.29 bits per heavy atom. The van der Waals surface area contributed by atoms with Gasteiger partial charge in [-0.15, -0.1) is 0 Å². The maximum atomic E-state index is 13.5. The van der Waals surface area contributed by atoms with Crippen LogP contribution in [-0.4, -0.2) is 41.6 Å². The van der Waals surface area contributed by atoms with Crippen LogP contribution in [0.4, 0.5) is 14.5 Å².